The molecule has 0 aliphatic rings. The van der Waals surface area contributed by atoms with Gasteiger partial charge in [0.15, 0.2) is 5.76 Å². The zero-order chi connectivity index (χ0) is 12.7. The van der Waals surface area contributed by atoms with Crippen molar-refractivity contribution in [1.29, 1.82) is 0 Å². The van der Waals surface area contributed by atoms with Gasteiger partial charge in [0.25, 0.3) is 0 Å². The van der Waals surface area contributed by atoms with Crippen molar-refractivity contribution >= 4 is 21.7 Å². The molecule has 0 aliphatic heterocycles. The molecule has 0 unspecified atom stereocenters. The Morgan fingerprint density at radius 2 is 1.47 bits per heavy atom. The van der Waals surface area contributed by atoms with Gasteiger partial charge in [-0.3, -0.25) is 4.98 Å². The van der Waals surface area contributed by atoms with E-state index in [-0.39, 0.29) is 0 Å². The molecule has 0 aliphatic carbocycles. The maximum absolute atomic E-state index is 5.84. The van der Waals surface area contributed by atoms with E-state index in [0.717, 1.165) is 27.8 Å². The molecule has 0 spiro atoms. The Morgan fingerprint density at radius 3 is 2.32 bits per heavy atom. The molecule has 2 aromatic carbocycles. The molecule has 90 valence electrons. The first-order valence-electron chi connectivity index (χ1n) is 6.24. The normalized spacial score (nSPS) is 11.2. The predicted molar refractivity (Wildman–Crippen MR) is 77.0 cm³/mol. The molecule has 0 radical (unpaired) electrons. The summed E-state index contributed by atoms with van der Waals surface area (Å²) < 4.78 is 5.84. The van der Waals surface area contributed by atoms with E-state index >= 15 is 0 Å². The average molecular weight is 245 g/mol. The highest BCUT2D eigenvalue weighted by atomic mass is 16.3. The van der Waals surface area contributed by atoms with Gasteiger partial charge in [0, 0.05) is 17.0 Å². The van der Waals surface area contributed by atoms with Crippen LogP contribution in [0.4, 0.5) is 0 Å². The van der Waals surface area contributed by atoms with Crippen LogP contribution in [0.5, 0.6) is 0 Å². The Hall–Kier alpha value is -2.61. The highest BCUT2D eigenvalue weighted by Gasteiger charge is 2.07. The van der Waals surface area contributed by atoms with Crippen LogP contribution in [0.1, 0.15) is 0 Å². The Bertz CT molecular complexity index is 843. The maximum atomic E-state index is 5.84. The summed E-state index contributed by atoms with van der Waals surface area (Å²) in [6.45, 7) is 0. The molecule has 0 atom stereocenters. The number of nitrogens with zero attached hydrogens (tertiary/aromatic N) is 1. The minimum absolute atomic E-state index is 0.812. The zero-order valence-corrected chi connectivity index (χ0v) is 10.2. The van der Waals surface area contributed by atoms with Gasteiger partial charge in [-0.15, -0.1) is 0 Å². The fraction of sp³-hybridized carbons (Fsp3) is 0. The lowest BCUT2D eigenvalue weighted by Gasteiger charge is -1.99. The Balaban J connectivity index is 1.93. The Morgan fingerprint density at radius 1 is 0.737 bits per heavy atom. The molecule has 19 heavy (non-hydrogen) atoms. The molecule has 0 N–H and O–H groups in total. The van der Waals surface area contributed by atoms with Gasteiger partial charge in [-0.2, -0.15) is 0 Å². The lowest BCUT2D eigenvalue weighted by molar-refractivity contribution is 0.629. The van der Waals surface area contributed by atoms with Crippen molar-refractivity contribution in [2.45, 2.75) is 0 Å². The third kappa shape index (κ3) is 1.69. The molecule has 2 aromatic heterocycles. The molecule has 2 heterocycles. The highest BCUT2D eigenvalue weighted by Crippen LogP contribution is 2.28. The van der Waals surface area contributed by atoms with E-state index in [0.29, 0.717) is 0 Å². The van der Waals surface area contributed by atoms with E-state index in [1.165, 1.54) is 5.39 Å². The van der Waals surface area contributed by atoms with E-state index in [9.17, 15) is 0 Å². The molecule has 4 aromatic rings. The molecule has 0 saturated carbocycles. The fourth-order valence-electron chi connectivity index (χ4n) is 2.33. The van der Waals surface area contributed by atoms with Crippen molar-refractivity contribution in [2.24, 2.45) is 0 Å². The first kappa shape index (κ1) is 10.3. The Kier molecular flexibility index (Phi) is 2.15. The topological polar surface area (TPSA) is 26.0 Å². The van der Waals surface area contributed by atoms with E-state index in [2.05, 4.69) is 23.2 Å². The van der Waals surface area contributed by atoms with Crippen LogP contribution in [-0.2, 0) is 0 Å². The molecule has 0 amide bonds. The van der Waals surface area contributed by atoms with Gasteiger partial charge in [0.2, 0.25) is 0 Å². The first-order chi connectivity index (χ1) is 9.40. The van der Waals surface area contributed by atoms with Crippen molar-refractivity contribution in [3.63, 3.8) is 0 Å². The summed E-state index contributed by atoms with van der Waals surface area (Å²) in [6, 6.07) is 20.3. The molecular weight excluding hydrogens is 234 g/mol. The largest absolute Gasteiger partial charge is 0.454 e. The van der Waals surface area contributed by atoms with Gasteiger partial charge in [0.05, 0.1) is 0 Å². The van der Waals surface area contributed by atoms with Crippen LogP contribution in [0.3, 0.4) is 0 Å². The number of para-hydroxylation sites is 1. The SMILES string of the molecule is c1ccc2cc(-c3cc4ccccc4o3)ncc2c1. The minimum Gasteiger partial charge on any atom is -0.454 e. The molecule has 0 saturated heterocycles. The van der Waals surface area contributed by atoms with E-state index in [1.807, 2.05) is 48.7 Å². The van der Waals surface area contributed by atoms with Crippen LogP contribution in [0, 0.1) is 0 Å². The third-order valence-corrected chi connectivity index (χ3v) is 3.31. The second-order valence-electron chi connectivity index (χ2n) is 4.57. The monoisotopic (exact) mass is 245 g/mol. The quantitative estimate of drug-likeness (QED) is 0.488. The summed E-state index contributed by atoms with van der Waals surface area (Å²) in [5.41, 5.74) is 1.77. The van der Waals surface area contributed by atoms with Gasteiger partial charge in [-0.1, -0.05) is 42.5 Å². The van der Waals surface area contributed by atoms with Crippen LogP contribution < -0.4 is 0 Å². The second-order valence-corrected chi connectivity index (χ2v) is 4.57. The first-order valence-corrected chi connectivity index (χ1v) is 6.24. The van der Waals surface area contributed by atoms with Gasteiger partial charge in [-0.25, -0.2) is 0 Å². The lowest BCUT2D eigenvalue weighted by atomic mass is 10.1. The summed E-state index contributed by atoms with van der Waals surface area (Å²) in [6.07, 6.45) is 1.89. The fourth-order valence-corrected chi connectivity index (χ4v) is 2.33. The number of fused-ring (bicyclic) bond motifs is 2. The number of aromatic nitrogens is 1. The second kappa shape index (κ2) is 3.95. The van der Waals surface area contributed by atoms with Crippen molar-refractivity contribution < 1.29 is 4.42 Å². The summed E-state index contributed by atoms with van der Waals surface area (Å²) in [4.78, 5) is 4.48. The van der Waals surface area contributed by atoms with Crippen molar-refractivity contribution in [3.05, 3.63) is 66.9 Å². The predicted octanol–water partition coefficient (Wildman–Crippen LogP) is 4.65. The lowest BCUT2D eigenvalue weighted by Crippen LogP contribution is -1.81. The highest BCUT2D eigenvalue weighted by molar-refractivity contribution is 5.87. The van der Waals surface area contributed by atoms with Crippen molar-refractivity contribution in [2.75, 3.05) is 0 Å². The van der Waals surface area contributed by atoms with Gasteiger partial charge < -0.3 is 4.42 Å². The van der Waals surface area contributed by atoms with Crippen molar-refractivity contribution in [1.82, 2.24) is 4.98 Å². The number of pyridine rings is 1. The average Bonchev–Trinajstić information content (AvgIpc) is 2.90. The molecular formula is C17H11NO. The van der Waals surface area contributed by atoms with E-state index in [1.54, 1.807) is 0 Å². The van der Waals surface area contributed by atoms with Gasteiger partial charge in [0.1, 0.15) is 11.3 Å². The smallest absolute Gasteiger partial charge is 0.153 e. The van der Waals surface area contributed by atoms with Gasteiger partial charge >= 0.3 is 0 Å². The molecule has 0 bridgehead atoms. The summed E-state index contributed by atoms with van der Waals surface area (Å²) in [5.74, 6) is 0.812. The third-order valence-electron chi connectivity index (χ3n) is 3.31. The summed E-state index contributed by atoms with van der Waals surface area (Å²) in [7, 11) is 0. The van der Waals surface area contributed by atoms with E-state index < -0.39 is 0 Å². The number of furan rings is 1. The van der Waals surface area contributed by atoms with Crippen molar-refractivity contribution in [3.8, 4) is 11.5 Å². The molecule has 4 rings (SSSR count). The van der Waals surface area contributed by atoms with E-state index in [4.69, 9.17) is 4.42 Å². The van der Waals surface area contributed by atoms with Gasteiger partial charge in [-0.05, 0) is 23.6 Å². The van der Waals surface area contributed by atoms with Crippen LogP contribution >= 0.6 is 0 Å². The number of benzene rings is 2. The standard InChI is InChI=1S/C17H11NO/c1-2-7-14-11-18-15(9-12(14)5-1)17-10-13-6-3-4-8-16(13)19-17/h1-11H. The molecule has 2 nitrogen and oxygen atoms in total. The van der Waals surface area contributed by atoms with Crippen LogP contribution in [0.2, 0.25) is 0 Å². The van der Waals surface area contributed by atoms with Crippen LogP contribution in [0.15, 0.2) is 71.3 Å². The summed E-state index contributed by atoms with van der Waals surface area (Å²) >= 11 is 0. The van der Waals surface area contributed by atoms with Crippen LogP contribution in [-0.4, -0.2) is 4.98 Å². The van der Waals surface area contributed by atoms with Crippen LogP contribution in [0.25, 0.3) is 33.2 Å². The molecule has 0 fully saturated rings. The summed E-state index contributed by atoms with van der Waals surface area (Å²) in [5, 5.41) is 3.42. The minimum atomic E-state index is 0.812. The molecule has 2 heteroatoms. The zero-order valence-electron chi connectivity index (χ0n) is 10.2. The number of hydrogen-bond acceptors (Lipinski definition) is 2. The Labute approximate surface area is 110 Å². The maximum Gasteiger partial charge on any atom is 0.153 e. The number of hydrogen-bond donors (Lipinski definition) is 0. The number of rotatable bonds is 1.